The Kier molecular flexibility index (Phi) is 10.3. The van der Waals surface area contributed by atoms with Gasteiger partial charge in [0, 0.05) is 6.04 Å². The Hall–Kier alpha value is -0.160. The second-order valence-electron chi connectivity index (χ2n) is 6.56. The van der Waals surface area contributed by atoms with Gasteiger partial charge in [0.05, 0.1) is 24.9 Å². The van der Waals surface area contributed by atoms with Gasteiger partial charge in [0.2, 0.25) is 0 Å². The molecule has 4 N–H and O–H groups in total. The smallest absolute Gasteiger partial charge is 0.0974 e. The zero-order valence-corrected chi connectivity index (χ0v) is 13.6. The van der Waals surface area contributed by atoms with Gasteiger partial charge in [-0.25, -0.2) is 0 Å². The Bertz CT molecular complexity index is 250. The third-order valence-electron chi connectivity index (χ3n) is 4.64. The fourth-order valence-corrected chi connectivity index (χ4v) is 3.23. The van der Waals surface area contributed by atoms with E-state index < -0.39 is 12.2 Å². The van der Waals surface area contributed by atoms with Crippen LogP contribution in [-0.2, 0) is 0 Å². The van der Waals surface area contributed by atoms with Crippen molar-refractivity contribution in [1.29, 1.82) is 0 Å². The summed E-state index contributed by atoms with van der Waals surface area (Å²) in [6, 6.07) is -0.151. The molecular formula is C17H35NO3. The normalized spacial score (nSPS) is 29.7. The van der Waals surface area contributed by atoms with Crippen LogP contribution in [0.1, 0.15) is 77.6 Å². The Morgan fingerprint density at radius 3 is 2.05 bits per heavy atom. The number of rotatable bonds is 11. The number of hydrogen-bond acceptors (Lipinski definition) is 4. The fraction of sp³-hybridized carbons (Fsp3) is 1.00. The van der Waals surface area contributed by atoms with Gasteiger partial charge in [-0.2, -0.15) is 0 Å². The molecule has 0 aromatic rings. The van der Waals surface area contributed by atoms with Gasteiger partial charge >= 0.3 is 0 Å². The van der Waals surface area contributed by atoms with Gasteiger partial charge in [0.25, 0.3) is 0 Å². The molecule has 0 aliphatic carbocycles. The first kappa shape index (κ1) is 18.9. The molecule has 0 unspecified atom stereocenters. The number of nitrogens with one attached hydrogen (secondary N) is 1. The zero-order valence-electron chi connectivity index (χ0n) is 13.6. The Balaban J connectivity index is 2.00. The molecule has 1 heterocycles. The molecule has 1 saturated heterocycles. The lowest BCUT2D eigenvalue weighted by Gasteiger charge is -2.37. The van der Waals surface area contributed by atoms with E-state index in [2.05, 4.69) is 12.2 Å². The van der Waals surface area contributed by atoms with Gasteiger partial charge in [0.1, 0.15) is 0 Å². The molecule has 0 aromatic carbocycles. The van der Waals surface area contributed by atoms with Crippen LogP contribution in [0.3, 0.4) is 0 Å². The molecule has 1 aliphatic heterocycles. The molecule has 4 atom stereocenters. The SMILES string of the molecule is CCCCCCCCCCC[C@@H]1C[C@H](O)[C@@H](O)[C@@H](CO)N1. The standard InChI is InChI=1S/C17H35NO3/c1-2-3-4-5-6-7-8-9-10-11-14-12-16(20)17(21)15(13-19)18-14/h14-21H,2-13H2,1H3/t14-,15-,16+,17+/m1/s1. The van der Waals surface area contributed by atoms with E-state index in [4.69, 9.17) is 0 Å². The van der Waals surface area contributed by atoms with Gasteiger partial charge in [-0.15, -0.1) is 0 Å². The van der Waals surface area contributed by atoms with Crippen molar-refractivity contribution in [2.24, 2.45) is 0 Å². The Morgan fingerprint density at radius 1 is 0.905 bits per heavy atom. The first-order valence-electron chi connectivity index (χ1n) is 8.92. The minimum absolute atomic E-state index is 0.119. The molecule has 1 fully saturated rings. The first-order valence-corrected chi connectivity index (χ1v) is 8.92. The predicted octanol–water partition coefficient (Wildman–Crippen LogP) is 2.35. The van der Waals surface area contributed by atoms with Gasteiger partial charge in [0.15, 0.2) is 0 Å². The van der Waals surface area contributed by atoms with Gasteiger partial charge < -0.3 is 20.6 Å². The number of unbranched alkanes of at least 4 members (excludes halogenated alkanes) is 8. The molecule has 4 heteroatoms. The predicted molar refractivity (Wildman–Crippen MR) is 86.3 cm³/mol. The van der Waals surface area contributed by atoms with E-state index >= 15 is 0 Å². The van der Waals surface area contributed by atoms with Crippen molar-refractivity contribution in [1.82, 2.24) is 5.32 Å². The molecule has 0 saturated carbocycles. The van der Waals surface area contributed by atoms with Crippen LogP contribution in [0, 0.1) is 0 Å². The molecule has 0 bridgehead atoms. The molecule has 0 aromatic heterocycles. The molecular weight excluding hydrogens is 266 g/mol. The fourth-order valence-electron chi connectivity index (χ4n) is 3.23. The van der Waals surface area contributed by atoms with E-state index in [-0.39, 0.29) is 18.7 Å². The molecule has 1 aliphatic rings. The quantitative estimate of drug-likeness (QED) is 0.442. The molecule has 0 spiro atoms. The average molecular weight is 301 g/mol. The summed E-state index contributed by atoms with van der Waals surface area (Å²) in [5.74, 6) is 0. The largest absolute Gasteiger partial charge is 0.395 e. The molecule has 1 rings (SSSR count). The lowest BCUT2D eigenvalue weighted by Crippen LogP contribution is -2.58. The van der Waals surface area contributed by atoms with E-state index in [1.165, 1.54) is 51.4 Å². The highest BCUT2D eigenvalue weighted by atomic mass is 16.3. The topological polar surface area (TPSA) is 72.7 Å². The van der Waals surface area contributed by atoms with E-state index in [1.807, 2.05) is 0 Å². The summed E-state index contributed by atoms with van der Waals surface area (Å²) in [5.41, 5.74) is 0. The van der Waals surface area contributed by atoms with E-state index in [0.29, 0.717) is 6.42 Å². The van der Waals surface area contributed by atoms with E-state index in [9.17, 15) is 15.3 Å². The van der Waals surface area contributed by atoms with E-state index in [1.54, 1.807) is 0 Å². The Labute approximate surface area is 130 Å². The highest BCUT2D eigenvalue weighted by molar-refractivity contribution is 4.91. The van der Waals surface area contributed by atoms with Crippen molar-refractivity contribution in [3.8, 4) is 0 Å². The molecule has 126 valence electrons. The maximum atomic E-state index is 9.79. The minimum Gasteiger partial charge on any atom is -0.395 e. The number of aliphatic hydroxyl groups excluding tert-OH is 3. The molecule has 0 amide bonds. The summed E-state index contributed by atoms with van der Waals surface area (Å²) in [5, 5.41) is 31.9. The highest BCUT2D eigenvalue weighted by Crippen LogP contribution is 2.19. The lowest BCUT2D eigenvalue weighted by molar-refractivity contribution is -0.0519. The Morgan fingerprint density at radius 2 is 1.48 bits per heavy atom. The third kappa shape index (κ3) is 7.59. The lowest BCUT2D eigenvalue weighted by atomic mass is 9.90. The third-order valence-corrected chi connectivity index (χ3v) is 4.64. The minimum atomic E-state index is -0.839. The van der Waals surface area contributed by atoms with Crippen molar-refractivity contribution in [3.05, 3.63) is 0 Å². The van der Waals surface area contributed by atoms with Crippen LogP contribution >= 0.6 is 0 Å². The highest BCUT2D eigenvalue weighted by Gasteiger charge is 2.34. The van der Waals surface area contributed by atoms with E-state index in [0.717, 1.165) is 12.8 Å². The van der Waals surface area contributed by atoms with Gasteiger partial charge in [-0.3, -0.25) is 0 Å². The van der Waals surface area contributed by atoms with Gasteiger partial charge in [-0.1, -0.05) is 64.7 Å². The molecule has 21 heavy (non-hydrogen) atoms. The average Bonchev–Trinajstić information content (AvgIpc) is 2.48. The summed E-state index contributed by atoms with van der Waals surface area (Å²) in [4.78, 5) is 0. The van der Waals surface area contributed by atoms with Crippen molar-refractivity contribution >= 4 is 0 Å². The number of aliphatic hydroxyl groups is 3. The van der Waals surface area contributed by atoms with Crippen molar-refractivity contribution in [2.75, 3.05) is 6.61 Å². The summed E-state index contributed by atoms with van der Waals surface area (Å²) in [7, 11) is 0. The van der Waals surface area contributed by atoms with Crippen LogP contribution in [0.2, 0.25) is 0 Å². The monoisotopic (exact) mass is 301 g/mol. The van der Waals surface area contributed by atoms with Gasteiger partial charge in [-0.05, 0) is 12.8 Å². The van der Waals surface area contributed by atoms with Crippen LogP contribution in [0.5, 0.6) is 0 Å². The maximum Gasteiger partial charge on any atom is 0.0974 e. The maximum absolute atomic E-state index is 9.79. The second kappa shape index (κ2) is 11.4. The van der Waals surface area contributed by atoms with Crippen LogP contribution in [-0.4, -0.2) is 46.2 Å². The summed E-state index contributed by atoms with van der Waals surface area (Å²) < 4.78 is 0. The second-order valence-corrected chi connectivity index (χ2v) is 6.56. The van der Waals surface area contributed by atoms with Crippen molar-refractivity contribution in [2.45, 2.75) is 102 Å². The molecule has 4 nitrogen and oxygen atoms in total. The number of piperidine rings is 1. The summed E-state index contributed by atoms with van der Waals surface area (Å²) >= 11 is 0. The van der Waals surface area contributed by atoms with Crippen molar-refractivity contribution in [3.63, 3.8) is 0 Å². The van der Waals surface area contributed by atoms with Crippen molar-refractivity contribution < 1.29 is 15.3 Å². The van der Waals surface area contributed by atoms with Crippen LogP contribution in [0.15, 0.2) is 0 Å². The number of hydrogen-bond donors (Lipinski definition) is 4. The summed E-state index contributed by atoms with van der Waals surface area (Å²) in [6.07, 6.45) is 11.9. The van der Waals surface area contributed by atoms with Crippen LogP contribution in [0.4, 0.5) is 0 Å². The molecule has 0 radical (unpaired) electrons. The van der Waals surface area contributed by atoms with Crippen LogP contribution in [0.25, 0.3) is 0 Å². The zero-order chi connectivity index (χ0) is 15.5. The first-order chi connectivity index (χ1) is 10.2. The van der Waals surface area contributed by atoms with Crippen LogP contribution < -0.4 is 5.32 Å². The summed E-state index contributed by atoms with van der Waals surface area (Å²) in [6.45, 7) is 2.13.